The summed E-state index contributed by atoms with van der Waals surface area (Å²) in [5, 5.41) is 42.9. The van der Waals surface area contributed by atoms with E-state index in [4.69, 9.17) is 9.84 Å². The molecule has 0 aliphatic carbocycles. The highest BCUT2D eigenvalue weighted by Gasteiger charge is 2.43. The molecule has 2 heterocycles. The van der Waals surface area contributed by atoms with Gasteiger partial charge in [0.25, 0.3) is 5.56 Å². The maximum absolute atomic E-state index is 11.7. The number of ether oxygens (including phenoxy) is 1. The lowest BCUT2D eigenvalue weighted by molar-refractivity contribution is -0.245. The number of rotatable bonds is 3. The quantitative estimate of drug-likeness (QED) is 0.425. The predicted molar refractivity (Wildman–Crippen MR) is 86.7 cm³/mol. The van der Waals surface area contributed by atoms with Crippen molar-refractivity contribution < 1.29 is 25.2 Å². The summed E-state index contributed by atoms with van der Waals surface area (Å²) in [5.74, 6) is 0. The number of fused-ring (bicyclic) bond motifs is 1. The number of benzene rings is 1. The fourth-order valence-corrected chi connectivity index (χ4v) is 2.85. The van der Waals surface area contributed by atoms with Crippen LogP contribution in [0.4, 0.5) is 5.69 Å². The fraction of sp³-hybridized carbons (Fsp3) is 0.438. The van der Waals surface area contributed by atoms with E-state index in [0.717, 1.165) is 5.39 Å². The van der Waals surface area contributed by atoms with E-state index in [1.54, 1.807) is 31.2 Å². The third kappa shape index (κ3) is 3.02. The molecular weight excluding hydrogens is 316 g/mol. The van der Waals surface area contributed by atoms with Gasteiger partial charge in [-0.3, -0.25) is 4.79 Å². The lowest BCUT2D eigenvalue weighted by atomic mass is 9.97. The van der Waals surface area contributed by atoms with Crippen molar-refractivity contribution in [2.24, 2.45) is 0 Å². The van der Waals surface area contributed by atoms with Gasteiger partial charge in [0.05, 0.1) is 12.1 Å². The molecule has 1 aliphatic rings. The van der Waals surface area contributed by atoms with Crippen LogP contribution in [0.1, 0.15) is 5.56 Å². The van der Waals surface area contributed by atoms with Crippen LogP contribution in [0.25, 0.3) is 10.9 Å². The summed E-state index contributed by atoms with van der Waals surface area (Å²) in [6, 6.07) is 5.96. The van der Waals surface area contributed by atoms with Crippen LogP contribution in [0.15, 0.2) is 29.1 Å². The number of hydrogen-bond acceptors (Lipinski definition) is 7. The van der Waals surface area contributed by atoms with Crippen LogP contribution in [0.3, 0.4) is 0 Å². The summed E-state index contributed by atoms with van der Waals surface area (Å²) in [4.78, 5) is 14.5. The Labute approximate surface area is 137 Å². The molecule has 8 nitrogen and oxygen atoms in total. The molecule has 1 aromatic carbocycles. The van der Waals surface area contributed by atoms with Crippen LogP contribution in [-0.2, 0) is 4.74 Å². The van der Waals surface area contributed by atoms with Gasteiger partial charge in [-0.05, 0) is 30.5 Å². The minimum atomic E-state index is -1.41. The van der Waals surface area contributed by atoms with Gasteiger partial charge in [0.1, 0.15) is 24.4 Å². The fourth-order valence-electron chi connectivity index (χ4n) is 2.85. The first kappa shape index (κ1) is 16.9. The molecule has 1 aliphatic heterocycles. The number of aryl methyl sites for hydroxylation is 1. The van der Waals surface area contributed by atoms with Gasteiger partial charge in [0.2, 0.25) is 0 Å². The Bertz CT molecular complexity index is 792. The maximum atomic E-state index is 11.7. The number of anilines is 1. The van der Waals surface area contributed by atoms with Gasteiger partial charge in [0, 0.05) is 11.3 Å². The SMILES string of the molecule is Cc1cc2ccc(N[C@@H]3C(O)OC(CO)[C@@H](O)C3O)cc2[nH]c1=O. The van der Waals surface area contributed by atoms with Crippen molar-refractivity contribution in [2.45, 2.75) is 37.6 Å². The highest BCUT2D eigenvalue weighted by Crippen LogP contribution is 2.24. The molecule has 0 saturated carbocycles. The third-order valence-corrected chi connectivity index (χ3v) is 4.27. The molecule has 0 spiro atoms. The molecule has 1 fully saturated rings. The molecule has 0 amide bonds. The van der Waals surface area contributed by atoms with Crippen molar-refractivity contribution >= 4 is 16.6 Å². The summed E-state index contributed by atoms with van der Waals surface area (Å²) in [6.45, 7) is 1.20. The monoisotopic (exact) mass is 336 g/mol. The van der Waals surface area contributed by atoms with Gasteiger partial charge >= 0.3 is 0 Å². The number of pyridine rings is 1. The minimum Gasteiger partial charge on any atom is -0.394 e. The summed E-state index contributed by atoms with van der Waals surface area (Å²) in [7, 11) is 0. The van der Waals surface area contributed by atoms with Gasteiger partial charge < -0.3 is 35.5 Å². The minimum absolute atomic E-state index is 0.193. The van der Waals surface area contributed by atoms with Crippen LogP contribution >= 0.6 is 0 Å². The first-order chi connectivity index (χ1) is 11.4. The average Bonchev–Trinajstić information content (AvgIpc) is 2.56. The van der Waals surface area contributed by atoms with E-state index >= 15 is 0 Å². The Hall–Kier alpha value is -1.97. The van der Waals surface area contributed by atoms with E-state index in [9.17, 15) is 20.1 Å². The summed E-state index contributed by atoms with van der Waals surface area (Å²) >= 11 is 0. The molecule has 1 aromatic heterocycles. The number of nitrogens with one attached hydrogen (secondary N) is 2. The summed E-state index contributed by atoms with van der Waals surface area (Å²) < 4.78 is 5.10. The zero-order valence-corrected chi connectivity index (χ0v) is 13.0. The van der Waals surface area contributed by atoms with Gasteiger partial charge in [-0.15, -0.1) is 0 Å². The van der Waals surface area contributed by atoms with Crippen molar-refractivity contribution in [3.05, 3.63) is 40.2 Å². The van der Waals surface area contributed by atoms with E-state index in [-0.39, 0.29) is 5.56 Å². The van der Waals surface area contributed by atoms with E-state index in [2.05, 4.69) is 10.3 Å². The van der Waals surface area contributed by atoms with Gasteiger partial charge in [-0.1, -0.05) is 6.07 Å². The predicted octanol–water partition coefficient (Wildman–Crippen LogP) is -0.952. The van der Waals surface area contributed by atoms with Crippen molar-refractivity contribution in [1.29, 1.82) is 0 Å². The van der Waals surface area contributed by atoms with E-state index in [1.807, 2.05) is 0 Å². The molecule has 3 unspecified atom stereocenters. The maximum Gasteiger partial charge on any atom is 0.251 e. The number of H-pyrrole nitrogens is 1. The molecule has 1 saturated heterocycles. The zero-order valence-electron chi connectivity index (χ0n) is 13.0. The van der Waals surface area contributed by atoms with Crippen LogP contribution in [0.5, 0.6) is 0 Å². The van der Waals surface area contributed by atoms with Crippen molar-refractivity contribution in [1.82, 2.24) is 4.98 Å². The smallest absolute Gasteiger partial charge is 0.251 e. The Kier molecular flexibility index (Phi) is 4.57. The number of aromatic nitrogens is 1. The molecule has 0 bridgehead atoms. The topological polar surface area (TPSA) is 135 Å². The first-order valence-corrected chi connectivity index (χ1v) is 7.61. The lowest BCUT2D eigenvalue weighted by Gasteiger charge is -2.40. The normalized spacial score (nSPS) is 30.5. The third-order valence-electron chi connectivity index (χ3n) is 4.27. The average molecular weight is 336 g/mol. The second-order valence-corrected chi connectivity index (χ2v) is 5.98. The summed E-state index contributed by atoms with van der Waals surface area (Å²) in [6.07, 6.45) is -5.13. The highest BCUT2D eigenvalue weighted by molar-refractivity contribution is 5.82. The van der Waals surface area contributed by atoms with E-state index in [1.165, 1.54) is 0 Å². The van der Waals surface area contributed by atoms with E-state index in [0.29, 0.717) is 16.8 Å². The second-order valence-electron chi connectivity index (χ2n) is 5.98. The molecule has 5 atom stereocenters. The molecule has 24 heavy (non-hydrogen) atoms. The molecule has 8 heteroatoms. The standard InChI is InChI=1S/C16H20N2O6/c1-7-4-8-2-3-9(5-10(8)18-15(7)22)17-12-14(21)13(20)11(6-19)24-16(12)23/h2-5,11-14,16-17,19-21,23H,6H2,1H3,(H,18,22)/t11?,12-,13+,14?,16?/m0/s1. The Balaban J connectivity index is 1.86. The molecule has 3 rings (SSSR count). The Morgan fingerprint density at radius 1 is 1.21 bits per heavy atom. The Morgan fingerprint density at radius 3 is 2.67 bits per heavy atom. The zero-order chi connectivity index (χ0) is 17.4. The van der Waals surface area contributed by atoms with Crippen LogP contribution in [0.2, 0.25) is 0 Å². The molecular formula is C16H20N2O6. The van der Waals surface area contributed by atoms with Crippen molar-refractivity contribution in [2.75, 3.05) is 11.9 Å². The van der Waals surface area contributed by atoms with Crippen LogP contribution in [-0.4, -0.2) is 62.7 Å². The molecule has 130 valence electrons. The number of aliphatic hydroxyl groups is 4. The molecule has 0 radical (unpaired) electrons. The Morgan fingerprint density at radius 2 is 1.96 bits per heavy atom. The number of hydrogen-bond donors (Lipinski definition) is 6. The van der Waals surface area contributed by atoms with Gasteiger partial charge in [-0.25, -0.2) is 0 Å². The molecule has 2 aromatic rings. The molecule has 6 N–H and O–H groups in total. The highest BCUT2D eigenvalue weighted by atomic mass is 16.6. The first-order valence-electron chi connectivity index (χ1n) is 7.61. The second kappa shape index (κ2) is 6.50. The van der Waals surface area contributed by atoms with Crippen molar-refractivity contribution in [3.8, 4) is 0 Å². The largest absolute Gasteiger partial charge is 0.394 e. The van der Waals surface area contributed by atoms with Crippen LogP contribution < -0.4 is 10.9 Å². The number of aliphatic hydroxyl groups excluding tert-OH is 4. The van der Waals surface area contributed by atoms with E-state index < -0.39 is 37.3 Å². The van der Waals surface area contributed by atoms with Crippen LogP contribution in [0, 0.1) is 6.92 Å². The van der Waals surface area contributed by atoms with Gasteiger partial charge in [0.15, 0.2) is 6.29 Å². The lowest BCUT2D eigenvalue weighted by Crippen LogP contribution is -2.61. The number of aromatic amines is 1. The van der Waals surface area contributed by atoms with Gasteiger partial charge in [-0.2, -0.15) is 0 Å². The van der Waals surface area contributed by atoms with Crippen molar-refractivity contribution in [3.63, 3.8) is 0 Å². The summed E-state index contributed by atoms with van der Waals surface area (Å²) in [5.41, 5.74) is 1.54.